The van der Waals surface area contributed by atoms with Gasteiger partial charge < -0.3 is 0 Å². The summed E-state index contributed by atoms with van der Waals surface area (Å²) < 4.78 is 118. The molecule has 0 unspecified atom stereocenters. The minimum absolute atomic E-state index is 0. The first kappa shape index (κ1) is 45.0. The number of likely N-dealkylation sites (tertiary alicyclic amines) is 2. The van der Waals surface area contributed by atoms with E-state index in [0.29, 0.717) is 12.1 Å². The Kier molecular flexibility index (Phi) is 16.1. The van der Waals surface area contributed by atoms with Crippen molar-refractivity contribution in [1.29, 1.82) is 10.5 Å². The molecule has 2 aliphatic rings. The zero-order chi connectivity index (χ0) is 34.4. The first-order valence-corrected chi connectivity index (χ1v) is 16.7. The smallest absolute Gasteiger partial charge is 0.293 e. The number of hydrogen-bond donors (Lipinski definition) is 0. The summed E-state index contributed by atoms with van der Waals surface area (Å²) in [7, 11) is -21.3. The molecule has 0 saturated carbocycles. The molecule has 21 heteroatoms. The van der Waals surface area contributed by atoms with Gasteiger partial charge in [0.2, 0.25) is 0 Å². The van der Waals surface area contributed by atoms with Crippen LogP contribution in [0.1, 0.15) is 50.9 Å². The van der Waals surface area contributed by atoms with Crippen LogP contribution in [-0.4, -0.2) is 44.9 Å². The van der Waals surface area contributed by atoms with Gasteiger partial charge in [0.05, 0.1) is 23.5 Å². The summed E-state index contributed by atoms with van der Waals surface area (Å²) in [5, 5.41) is 14.6. The van der Waals surface area contributed by atoms with Crippen LogP contribution in [0.25, 0.3) is 0 Å². The van der Waals surface area contributed by atoms with Crippen LogP contribution < -0.4 is 0 Å². The summed E-state index contributed by atoms with van der Waals surface area (Å²) in [4.78, 5) is 14.4. The van der Waals surface area contributed by atoms with E-state index in [1.54, 1.807) is 12.1 Å². The van der Waals surface area contributed by atoms with E-state index in [0.717, 1.165) is 13.1 Å². The molecule has 0 aliphatic carbocycles. The number of nitrogens with zero attached hydrogens (tertiary/aromatic N) is 6. The van der Waals surface area contributed by atoms with Gasteiger partial charge in [0.1, 0.15) is 0 Å². The molecule has 258 valence electrons. The van der Waals surface area contributed by atoms with Crippen molar-refractivity contribution in [1.82, 2.24) is 19.8 Å². The Morgan fingerprint density at radius 3 is 1.13 bits per heavy atom. The summed E-state index contributed by atoms with van der Waals surface area (Å²) in [6.07, 6.45) is 9.07. The molecule has 4 rings (SSSR count). The van der Waals surface area contributed by atoms with Crippen molar-refractivity contribution < 1.29 is 69.8 Å². The maximum atomic E-state index is 9.87. The Morgan fingerprint density at radius 1 is 0.644 bits per heavy atom. The molecule has 2 aromatic rings. The van der Waals surface area contributed by atoms with Gasteiger partial charge in [-0.05, 0) is 63.0 Å². The van der Waals surface area contributed by atoms with E-state index >= 15 is 0 Å². The third kappa shape index (κ3) is 31.6. The van der Waals surface area contributed by atoms with Crippen LogP contribution in [0.4, 0.5) is 50.4 Å². The molecule has 2 saturated heterocycles. The van der Waals surface area contributed by atoms with Gasteiger partial charge in [-0.1, -0.05) is 12.1 Å². The average Bonchev–Trinajstić information content (AvgIpc) is 3.46. The quantitative estimate of drug-likeness (QED) is 0.170. The molecule has 0 radical (unpaired) electrons. The molecule has 0 spiro atoms. The van der Waals surface area contributed by atoms with E-state index < -0.39 is 15.6 Å². The molecule has 0 bridgehead atoms. The second-order valence-electron chi connectivity index (χ2n) is 9.37. The minimum atomic E-state index is -10.7. The van der Waals surface area contributed by atoms with Crippen LogP contribution in [0.3, 0.4) is 0 Å². The zero-order valence-corrected chi connectivity index (χ0v) is 27.4. The van der Waals surface area contributed by atoms with Crippen molar-refractivity contribution in [3.63, 3.8) is 0 Å². The van der Waals surface area contributed by atoms with Gasteiger partial charge in [0, 0.05) is 51.4 Å². The Hall–Kier alpha value is -2.16. The standard InChI is InChI=1S/C20H26N4.2C2H3N.2F6P.Ru/c1-3-11-21-17(7-1)15-23-13-5-9-19(23)20-10-6-14-24(20)16-18-8-2-4-12-22-18;2*1-2-3;2*1-7(2,3,4,5)6;/h1-4,7-8,11-12,19-20H,5-6,9-10,13-16H2;2*1H3;;;/q;;;2*-1;+4/t19-,20-;;;;;/m1...../s1. The predicted molar refractivity (Wildman–Crippen MR) is 145 cm³/mol. The van der Waals surface area contributed by atoms with Crippen LogP contribution in [0, 0.1) is 22.7 Å². The summed E-state index contributed by atoms with van der Waals surface area (Å²) in [6.45, 7) is 7.24. The van der Waals surface area contributed by atoms with Crippen LogP contribution in [0.5, 0.6) is 0 Å². The van der Waals surface area contributed by atoms with Gasteiger partial charge in [-0.2, -0.15) is 10.5 Å². The Bertz CT molecular complexity index is 1100. The first-order chi connectivity index (χ1) is 19.6. The molecule has 2 aromatic heterocycles. The van der Waals surface area contributed by atoms with Crippen molar-refractivity contribution in [2.75, 3.05) is 13.1 Å². The van der Waals surface area contributed by atoms with E-state index in [4.69, 9.17) is 10.5 Å². The fourth-order valence-corrected chi connectivity index (χ4v) is 4.37. The summed E-state index contributed by atoms with van der Waals surface area (Å²) in [5.74, 6) is 0. The predicted octanol–water partition coefficient (Wildman–Crippen LogP) is 10.9. The van der Waals surface area contributed by atoms with Gasteiger partial charge in [-0.15, -0.1) is 0 Å². The van der Waals surface area contributed by atoms with Gasteiger partial charge in [0.25, 0.3) is 0 Å². The number of aromatic nitrogens is 2. The molecular formula is C24H32F12N6P2Ru+2. The first-order valence-electron chi connectivity index (χ1n) is 12.7. The van der Waals surface area contributed by atoms with E-state index in [9.17, 15) is 50.4 Å². The van der Waals surface area contributed by atoms with E-state index in [1.165, 1.54) is 64.0 Å². The van der Waals surface area contributed by atoms with Crippen molar-refractivity contribution >= 4 is 15.6 Å². The molecular weight excluding hydrogens is 763 g/mol. The van der Waals surface area contributed by atoms with Gasteiger partial charge in [-0.3, -0.25) is 19.8 Å². The molecule has 0 aromatic carbocycles. The van der Waals surface area contributed by atoms with E-state index in [-0.39, 0.29) is 19.5 Å². The third-order valence-corrected chi connectivity index (χ3v) is 5.46. The molecule has 45 heavy (non-hydrogen) atoms. The van der Waals surface area contributed by atoms with Crippen LogP contribution >= 0.6 is 15.6 Å². The number of nitriles is 2. The monoisotopic (exact) mass is 796 g/mol. The number of hydrogen-bond acceptors (Lipinski definition) is 6. The molecule has 2 fully saturated rings. The molecule has 2 atom stereocenters. The fourth-order valence-electron chi connectivity index (χ4n) is 4.37. The normalized spacial score (nSPS) is 21.1. The SMILES string of the molecule is CC#N.CC#N.F[P-](F)(F)(F)(F)F.F[P-](F)(F)(F)(F)F.[Ru+4].c1ccc(CN2CCC[C@@H]2[C@H]2CCCN2Cc2ccccn2)nc1. The Labute approximate surface area is 265 Å². The van der Waals surface area contributed by atoms with Crippen molar-refractivity contribution in [3.8, 4) is 12.1 Å². The second-order valence-corrected chi connectivity index (χ2v) is 13.2. The van der Waals surface area contributed by atoms with Crippen LogP contribution in [0.15, 0.2) is 48.8 Å². The third-order valence-electron chi connectivity index (χ3n) is 5.46. The van der Waals surface area contributed by atoms with Crippen LogP contribution in [0.2, 0.25) is 0 Å². The topological polar surface area (TPSA) is 79.8 Å². The van der Waals surface area contributed by atoms with Crippen molar-refractivity contribution in [2.45, 2.75) is 64.7 Å². The summed E-state index contributed by atoms with van der Waals surface area (Å²) in [6, 6.07) is 17.3. The summed E-state index contributed by atoms with van der Waals surface area (Å²) in [5.41, 5.74) is 2.39. The Morgan fingerprint density at radius 2 is 0.911 bits per heavy atom. The summed E-state index contributed by atoms with van der Waals surface area (Å²) >= 11 is 0. The van der Waals surface area contributed by atoms with Crippen molar-refractivity contribution in [3.05, 3.63) is 60.2 Å². The van der Waals surface area contributed by atoms with Gasteiger partial charge >= 0.3 is 85.5 Å². The largest absolute Gasteiger partial charge is 4.00 e. The van der Waals surface area contributed by atoms with Crippen molar-refractivity contribution in [2.24, 2.45) is 0 Å². The molecule has 4 heterocycles. The maximum absolute atomic E-state index is 10.7. The average molecular weight is 796 g/mol. The number of rotatable bonds is 5. The van der Waals surface area contributed by atoms with E-state index in [1.807, 2.05) is 24.5 Å². The molecule has 2 aliphatic heterocycles. The van der Waals surface area contributed by atoms with Gasteiger partial charge in [-0.25, -0.2) is 0 Å². The maximum Gasteiger partial charge on any atom is 4.00 e. The fraction of sp³-hybridized carbons (Fsp3) is 0.500. The zero-order valence-electron chi connectivity index (χ0n) is 23.9. The Balaban J connectivity index is 0. The molecule has 6 nitrogen and oxygen atoms in total. The minimum Gasteiger partial charge on any atom is -0.293 e. The van der Waals surface area contributed by atoms with Crippen LogP contribution in [-0.2, 0) is 32.6 Å². The van der Waals surface area contributed by atoms with E-state index in [2.05, 4.69) is 44.0 Å². The molecule has 0 amide bonds. The van der Waals surface area contributed by atoms with Gasteiger partial charge in [0.15, 0.2) is 0 Å². The number of halogens is 12. The second kappa shape index (κ2) is 16.1. The number of pyridine rings is 2. The molecule has 0 N–H and O–H groups in total.